The summed E-state index contributed by atoms with van der Waals surface area (Å²) in [6.07, 6.45) is -4.40. The minimum Gasteiger partial charge on any atom is -0.460 e. The molecule has 0 N–H and O–H groups in total. The number of ether oxygens (including phenoxy) is 1. The number of benzene rings is 2. The Morgan fingerprint density at radius 1 is 0.935 bits per heavy atom. The molecule has 1 fully saturated rings. The van der Waals surface area contributed by atoms with Crippen molar-refractivity contribution in [1.29, 1.82) is 0 Å². The molecule has 1 aliphatic heterocycles. The monoisotopic (exact) mass is 438 g/mol. The number of nitrogens with zero attached hydrogens (tertiary/aromatic N) is 2. The minimum atomic E-state index is -4.84. The molecule has 0 aliphatic carbocycles. The van der Waals surface area contributed by atoms with Gasteiger partial charge in [0.25, 0.3) is 5.91 Å². The van der Waals surface area contributed by atoms with Gasteiger partial charge in [-0.15, -0.1) is 0 Å². The molecule has 0 spiro atoms. The molecule has 9 heteroatoms. The van der Waals surface area contributed by atoms with E-state index in [1.165, 1.54) is 4.90 Å². The van der Waals surface area contributed by atoms with Crippen LogP contribution in [0.1, 0.15) is 27.9 Å². The molecule has 0 atom stereocenters. The van der Waals surface area contributed by atoms with Crippen LogP contribution < -0.4 is 0 Å². The Morgan fingerprint density at radius 2 is 1.68 bits per heavy atom. The van der Waals surface area contributed by atoms with Crippen LogP contribution in [0.4, 0.5) is 17.6 Å². The number of esters is 1. The lowest BCUT2D eigenvalue weighted by Crippen LogP contribution is -2.38. The summed E-state index contributed by atoms with van der Waals surface area (Å²) in [5.74, 6) is -2.64. The third kappa shape index (κ3) is 6.04. The molecule has 0 unspecified atom stereocenters. The van der Waals surface area contributed by atoms with Crippen LogP contribution in [0.15, 0.2) is 48.5 Å². The molecule has 5 nitrogen and oxygen atoms in total. The summed E-state index contributed by atoms with van der Waals surface area (Å²) in [7, 11) is 0. The van der Waals surface area contributed by atoms with Crippen LogP contribution in [0.3, 0.4) is 0 Å². The van der Waals surface area contributed by atoms with Crippen LogP contribution in [0.25, 0.3) is 0 Å². The number of hydrogen-bond acceptors (Lipinski definition) is 4. The lowest BCUT2D eigenvalue weighted by molar-refractivity contribution is -0.146. The first-order chi connectivity index (χ1) is 14.8. The predicted molar refractivity (Wildman–Crippen MR) is 105 cm³/mol. The third-order valence-corrected chi connectivity index (χ3v) is 5.00. The van der Waals surface area contributed by atoms with Crippen molar-refractivity contribution in [3.63, 3.8) is 0 Å². The van der Waals surface area contributed by atoms with Crippen molar-refractivity contribution < 1.29 is 31.9 Å². The standard InChI is InChI=1S/C22H22F4N2O3/c23-18-9-4-8-17(22(24,25)26)20(18)21(30)28-11-5-10-27(12-13-28)14-19(29)31-15-16-6-2-1-3-7-16/h1-4,6-9H,5,10-15H2. The first-order valence-electron chi connectivity index (χ1n) is 9.82. The van der Waals surface area contributed by atoms with Crippen molar-refractivity contribution in [2.45, 2.75) is 19.2 Å². The molecule has 3 rings (SSSR count). The van der Waals surface area contributed by atoms with E-state index >= 15 is 0 Å². The number of hydrogen-bond donors (Lipinski definition) is 0. The highest BCUT2D eigenvalue weighted by Crippen LogP contribution is 2.33. The lowest BCUT2D eigenvalue weighted by Gasteiger charge is -2.23. The van der Waals surface area contributed by atoms with Crippen molar-refractivity contribution in [1.82, 2.24) is 9.80 Å². The van der Waals surface area contributed by atoms with Gasteiger partial charge in [0.2, 0.25) is 0 Å². The van der Waals surface area contributed by atoms with Crippen LogP contribution in [0, 0.1) is 5.82 Å². The van der Waals surface area contributed by atoms with Gasteiger partial charge in [-0.1, -0.05) is 36.4 Å². The Balaban J connectivity index is 1.59. The number of amides is 1. The Kier molecular flexibility index (Phi) is 7.27. The predicted octanol–water partition coefficient (Wildman–Crippen LogP) is 3.74. The van der Waals surface area contributed by atoms with Crippen molar-refractivity contribution in [2.75, 3.05) is 32.7 Å². The van der Waals surface area contributed by atoms with Crippen LogP contribution in [-0.2, 0) is 22.3 Å². The Bertz CT molecular complexity index is 919. The minimum absolute atomic E-state index is 0.00234. The topological polar surface area (TPSA) is 49.9 Å². The molecule has 0 radical (unpaired) electrons. The molecular weight excluding hydrogens is 416 g/mol. The third-order valence-electron chi connectivity index (χ3n) is 5.00. The average molecular weight is 438 g/mol. The Labute approximate surface area is 177 Å². The van der Waals surface area contributed by atoms with Gasteiger partial charge in [0.1, 0.15) is 12.4 Å². The normalized spacial score (nSPS) is 15.4. The summed E-state index contributed by atoms with van der Waals surface area (Å²) in [5, 5.41) is 0. The van der Waals surface area contributed by atoms with Gasteiger partial charge in [-0.3, -0.25) is 14.5 Å². The molecule has 1 saturated heterocycles. The number of carbonyl (C=O) groups is 2. The fraction of sp³-hybridized carbons (Fsp3) is 0.364. The van der Waals surface area contributed by atoms with Crippen LogP contribution in [0.2, 0.25) is 0 Å². The van der Waals surface area contributed by atoms with E-state index in [-0.39, 0.29) is 32.8 Å². The van der Waals surface area contributed by atoms with Crippen molar-refractivity contribution in [3.8, 4) is 0 Å². The average Bonchev–Trinajstić information content (AvgIpc) is 2.97. The number of carbonyl (C=O) groups excluding carboxylic acids is 2. The second kappa shape index (κ2) is 9.91. The molecule has 2 aromatic rings. The summed E-state index contributed by atoms with van der Waals surface area (Å²) in [5.41, 5.74) is -1.40. The Morgan fingerprint density at radius 3 is 2.39 bits per heavy atom. The van der Waals surface area contributed by atoms with Gasteiger partial charge >= 0.3 is 12.1 Å². The van der Waals surface area contributed by atoms with E-state index < -0.39 is 35.0 Å². The zero-order valence-corrected chi connectivity index (χ0v) is 16.7. The van der Waals surface area contributed by atoms with E-state index in [0.717, 1.165) is 17.7 Å². The summed E-state index contributed by atoms with van der Waals surface area (Å²) in [6, 6.07) is 11.7. The fourth-order valence-electron chi connectivity index (χ4n) is 3.43. The molecule has 166 valence electrons. The first-order valence-corrected chi connectivity index (χ1v) is 9.82. The van der Waals surface area contributed by atoms with Crippen LogP contribution in [0.5, 0.6) is 0 Å². The zero-order chi connectivity index (χ0) is 22.4. The summed E-state index contributed by atoms with van der Waals surface area (Å²) in [4.78, 5) is 27.8. The number of rotatable bonds is 5. The highest BCUT2D eigenvalue weighted by atomic mass is 19.4. The van der Waals surface area contributed by atoms with Crippen molar-refractivity contribution in [2.24, 2.45) is 0 Å². The summed E-state index contributed by atoms with van der Waals surface area (Å²) in [6.45, 7) is 1.13. The molecule has 2 aromatic carbocycles. The van der Waals surface area contributed by atoms with Crippen LogP contribution in [-0.4, -0.2) is 54.4 Å². The maximum atomic E-state index is 14.1. The van der Waals surface area contributed by atoms with Crippen molar-refractivity contribution >= 4 is 11.9 Å². The first kappa shape index (κ1) is 22.7. The Hall–Kier alpha value is -2.94. The van der Waals surface area contributed by atoms with E-state index in [9.17, 15) is 27.2 Å². The van der Waals surface area contributed by atoms with E-state index in [1.807, 2.05) is 30.3 Å². The second-order valence-corrected chi connectivity index (χ2v) is 7.23. The van der Waals surface area contributed by atoms with Crippen LogP contribution >= 0.6 is 0 Å². The zero-order valence-electron chi connectivity index (χ0n) is 16.7. The van der Waals surface area contributed by atoms with Crippen molar-refractivity contribution in [3.05, 3.63) is 71.0 Å². The summed E-state index contributed by atoms with van der Waals surface area (Å²) >= 11 is 0. The van der Waals surface area contributed by atoms with Gasteiger partial charge in [-0.05, 0) is 24.1 Å². The molecule has 0 aromatic heterocycles. The van der Waals surface area contributed by atoms with Gasteiger partial charge in [-0.25, -0.2) is 4.39 Å². The highest BCUT2D eigenvalue weighted by Gasteiger charge is 2.38. The van der Waals surface area contributed by atoms with Gasteiger partial charge in [0, 0.05) is 26.2 Å². The molecule has 1 amide bonds. The maximum absolute atomic E-state index is 14.1. The highest BCUT2D eigenvalue weighted by molar-refractivity contribution is 5.96. The van der Waals surface area contributed by atoms with Gasteiger partial charge in [0.15, 0.2) is 0 Å². The maximum Gasteiger partial charge on any atom is 0.417 e. The fourth-order valence-corrected chi connectivity index (χ4v) is 3.43. The second-order valence-electron chi connectivity index (χ2n) is 7.23. The van der Waals surface area contributed by atoms with Gasteiger partial charge in [0.05, 0.1) is 17.7 Å². The van der Waals surface area contributed by atoms with E-state index in [4.69, 9.17) is 4.74 Å². The molecular formula is C22H22F4N2O3. The number of halogens is 4. The molecule has 1 heterocycles. The quantitative estimate of drug-likeness (QED) is 0.527. The van der Waals surface area contributed by atoms with Gasteiger partial charge in [-0.2, -0.15) is 13.2 Å². The van der Waals surface area contributed by atoms with Gasteiger partial charge < -0.3 is 9.64 Å². The largest absolute Gasteiger partial charge is 0.460 e. The molecule has 0 saturated carbocycles. The number of alkyl halides is 3. The molecule has 1 aliphatic rings. The lowest BCUT2D eigenvalue weighted by atomic mass is 10.0. The van der Waals surface area contributed by atoms with E-state index in [0.29, 0.717) is 19.0 Å². The molecule has 0 bridgehead atoms. The van der Waals surface area contributed by atoms with E-state index in [2.05, 4.69) is 0 Å². The van der Waals surface area contributed by atoms with E-state index in [1.54, 1.807) is 4.90 Å². The molecule has 31 heavy (non-hydrogen) atoms. The smallest absolute Gasteiger partial charge is 0.417 e. The summed E-state index contributed by atoms with van der Waals surface area (Å²) < 4.78 is 59.1. The SMILES string of the molecule is O=C(CN1CCCN(C(=O)c2c(F)cccc2C(F)(F)F)CC1)OCc1ccccc1.